The molecule has 100 heavy (non-hydrogen) atoms. The van der Waals surface area contributed by atoms with Gasteiger partial charge >= 0.3 is 41.4 Å². The molecule has 2 aliphatic heterocycles. The van der Waals surface area contributed by atoms with Gasteiger partial charge in [-0.2, -0.15) is 8.62 Å². The van der Waals surface area contributed by atoms with Crippen LogP contribution in [0.3, 0.4) is 0 Å². The third-order valence-electron chi connectivity index (χ3n) is 15.9. The van der Waals surface area contributed by atoms with Gasteiger partial charge in [-0.3, -0.25) is 38.3 Å². The van der Waals surface area contributed by atoms with E-state index in [1.807, 2.05) is 31.4 Å². The van der Waals surface area contributed by atoms with Crippen molar-refractivity contribution in [3.05, 3.63) is 106 Å². The zero-order valence-electron chi connectivity index (χ0n) is 55.1. The Bertz CT molecular complexity index is 4010. The van der Waals surface area contributed by atoms with Crippen LogP contribution in [0, 0.1) is 24.7 Å². The number of fused-ring (bicyclic) bond motifs is 3. The van der Waals surface area contributed by atoms with E-state index in [-0.39, 0.29) is 78.8 Å². The second-order valence-electron chi connectivity index (χ2n) is 23.6. The van der Waals surface area contributed by atoms with Crippen molar-refractivity contribution in [1.82, 2.24) is 40.7 Å². The molecule has 7 rings (SSSR count). The standard InChI is InChI=1S/C62H81N10O23P3S2/c1-6-13-37-26-48-41(24-35(37)3)57(42-25-36(4)44(64-7-2)27-49(42)92-48)40-16-9-8-14-38(40)31-71(5)21-11-18-52(75)68-43(60(80)69-45(28-54(76)77)61(81)70-46(62(82)83)29-55(78)79)17-12-22-99-100-23-19-51(74)65-20-10-15-39-32-72(59-56(39)58(63)66-34-67-59)53-30-47(73)50(93-53)33-91-97(87,88)95-98(89,90)94-96(84,85)86/h8-9,14,16,24-27,32,34,42-43,45-47,50,53,57,73H,6-7,11-13,17-23,28-31,33H2,1-5H3,(H,65,74)(H,68,75)(H,69,80)(H,70,81)(H,76,77)(H,78,79)(H,82,83)(H,87,88)(H,89,90)(H2,63,66,67)(H2,84,85,86)/b64-44+/t42?,43?,45?,46?,47?,50-,53-,57?/m1/s1. The first kappa shape index (κ1) is 80.0. The van der Waals surface area contributed by atoms with Crippen LogP contribution in [0.15, 0.2) is 77.4 Å². The number of aromatic nitrogens is 3. The molecule has 4 amide bonds. The largest absolute Gasteiger partial charge is 0.490 e. The van der Waals surface area contributed by atoms with Crippen molar-refractivity contribution in [2.75, 3.05) is 50.5 Å². The van der Waals surface area contributed by atoms with Gasteiger partial charge in [-0.25, -0.2) is 28.5 Å². The highest BCUT2D eigenvalue weighted by Gasteiger charge is 2.44. The summed E-state index contributed by atoms with van der Waals surface area (Å²) in [5.74, 6) is -0.0795. The fourth-order valence-electron chi connectivity index (χ4n) is 11.4. The molecule has 3 aliphatic rings. The van der Waals surface area contributed by atoms with Crippen LogP contribution in [0.5, 0.6) is 5.75 Å². The van der Waals surface area contributed by atoms with Gasteiger partial charge in [0.05, 0.1) is 48.8 Å². The van der Waals surface area contributed by atoms with Gasteiger partial charge in [0.2, 0.25) is 23.6 Å². The molecule has 544 valence electrons. The SMILES string of the molecule is CCCc1cc2c(cc1C)C(c1ccccc1CN(C)CCCC(=O)NC(CCCSSCCC(=O)NCC#Cc1cn([C@H]3CC(O)[C@@H](COP(=O)(O)OP(=O)(O)OP(=O)(O)O)O3)c3ncnc(N)c13)C(=O)NC(CC(=O)O)C(=O)NC(CC(=O)O)C(=O)O)C1C=C(C)/C(=N/CC)C=C1O2. The Hall–Kier alpha value is -7.35. The van der Waals surface area contributed by atoms with Crippen LogP contribution in [0.2, 0.25) is 0 Å². The molecule has 0 spiro atoms. The number of hydrogen-bond acceptors (Lipinski definition) is 23. The Morgan fingerprint density at radius 1 is 0.860 bits per heavy atom. The Labute approximate surface area is 582 Å². The summed E-state index contributed by atoms with van der Waals surface area (Å²) in [5.41, 5.74) is 14.3. The number of phosphoric acid groups is 3. The highest BCUT2D eigenvalue weighted by molar-refractivity contribution is 8.76. The summed E-state index contributed by atoms with van der Waals surface area (Å²) in [6.07, 6.45) is 3.44. The van der Waals surface area contributed by atoms with E-state index in [1.165, 1.54) is 43.5 Å². The van der Waals surface area contributed by atoms with E-state index in [1.54, 1.807) is 0 Å². The molecule has 2 aromatic heterocycles. The molecule has 0 radical (unpaired) electrons. The van der Waals surface area contributed by atoms with E-state index < -0.39 is 115 Å². The highest BCUT2D eigenvalue weighted by atomic mass is 33.1. The number of aliphatic carboxylic acids is 3. The number of aliphatic hydroxyl groups is 1. The number of aliphatic hydroxyl groups excluding tert-OH is 1. The Kier molecular flexibility index (Phi) is 29.2. The number of phosphoric ester groups is 1. The first-order valence-electron chi connectivity index (χ1n) is 31.6. The van der Waals surface area contributed by atoms with Crippen molar-refractivity contribution in [3.8, 4) is 17.6 Å². The highest BCUT2D eigenvalue weighted by Crippen LogP contribution is 2.66. The number of aliphatic imine (C=N–C) groups is 1. The van der Waals surface area contributed by atoms with Gasteiger partial charge in [-0.1, -0.05) is 83.2 Å². The smallest absolute Gasteiger partial charge is 0.481 e. The molecule has 4 heterocycles. The summed E-state index contributed by atoms with van der Waals surface area (Å²) in [7, 11) is -12.4. The summed E-state index contributed by atoms with van der Waals surface area (Å²) in [4.78, 5) is 141. The van der Waals surface area contributed by atoms with Crippen LogP contribution in [0.4, 0.5) is 5.82 Å². The van der Waals surface area contributed by atoms with Crippen molar-refractivity contribution in [3.63, 3.8) is 0 Å². The maximum atomic E-state index is 14.0. The zero-order valence-corrected chi connectivity index (χ0v) is 59.4. The molecule has 10 atom stereocenters. The van der Waals surface area contributed by atoms with Crippen molar-refractivity contribution in [2.24, 2.45) is 10.9 Å². The molecular formula is C62H81N10O23P3S2. The summed E-state index contributed by atoms with van der Waals surface area (Å²) < 4.78 is 61.1. The molecule has 1 saturated heterocycles. The van der Waals surface area contributed by atoms with Crippen LogP contribution < -0.4 is 31.7 Å². The van der Waals surface area contributed by atoms with Gasteiger partial charge in [0.1, 0.15) is 59.8 Å². The van der Waals surface area contributed by atoms with E-state index in [0.29, 0.717) is 37.6 Å². The topological polar surface area (TPSA) is 499 Å². The fraction of sp³-hybridized carbons (Fsp3) is 0.484. The lowest BCUT2D eigenvalue weighted by Crippen LogP contribution is -2.56. The number of rotatable bonds is 37. The number of nitrogens with two attached hydrogens (primary N) is 1. The molecule has 0 saturated carbocycles. The molecule has 2 aromatic carbocycles. The van der Waals surface area contributed by atoms with Gasteiger partial charge in [-0.05, 0) is 93.9 Å². The molecule has 38 heteroatoms. The number of nitrogens with zero attached hydrogens (tertiary/aromatic N) is 5. The Balaban J connectivity index is 0.932. The first-order valence-corrected chi connectivity index (χ1v) is 38.6. The van der Waals surface area contributed by atoms with Crippen LogP contribution in [0.1, 0.15) is 124 Å². The quantitative estimate of drug-likeness (QED) is 0.0120. The van der Waals surface area contributed by atoms with Crippen LogP contribution in [-0.4, -0.2) is 182 Å². The monoisotopic (exact) mass is 1490 g/mol. The predicted molar refractivity (Wildman–Crippen MR) is 366 cm³/mol. The molecular weight excluding hydrogens is 1410 g/mol. The molecule has 14 N–H and O–H groups in total. The number of carboxylic acids is 3. The third-order valence-corrected chi connectivity index (χ3v) is 22.2. The average Bonchev–Trinajstić information content (AvgIpc) is 0.807. The van der Waals surface area contributed by atoms with E-state index in [0.717, 1.165) is 58.7 Å². The summed E-state index contributed by atoms with van der Waals surface area (Å²) in [6, 6.07) is 7.53. The second-order valence-corrected chi connectivity index (χ2v) is 30.7. The number of aryl methyl sites for hydroxylation is 2. The van der Waals surface area contributed by atoms with E-state index >= 15 is 0 Å². The van der Waals surface area contributed by atoms with Gasteiger partial charge in [0.15, 0.2) is 0 Å². The summed E-state index contributed by atoms with van der Waals surface area (Å²) >= 11 is 0. The van der Waals surface area contributed by atoms with Gasteiger partial charge in [-0.15, -0.1) is 0 Å². The Morgan fingerprint density at radius 3 is 2.26 bits per heavy atom. The van der Waals surface area contributed by atoms with Crippen LogP contribution in [0.25, 0.3) is 11.0 Å². The van der Waals surface area contributed by atoms with Gasteiger partial charge < -0.3 is 85.9 Å². The molecule has 8 unspecified atom stereocenters. The average molecular weight is 1490 g/mol. The van der Waals surface area contributed by atoms with Crippen molar-refractivity contribution >= 4 is 109 Å². The number of carbonyl (C=O) groups excluding carboxylic acids is 4. The molecule has 33 nitrogen and oxygen atoms in total. The lowest BCUT2D eigenvalue weighted by molar-refractivity contribution is -0.148. The second kappa shape index (κ2) is 36.5. The lowest BCUT2D eigenvalue weighted by Gasteiger charge is -2.38. The van der Waals surface area contributed by atoms with Gasteiger partial charge in [0.25, 0.3) is 0 Å². The minimum Gasteiger partial charge on any atom is -0.481 e. The molecule has 1 fully saturated rings. The molecule has 1 aliphatic carbocycles. The molecule has 0 bridgehead atoms. The maximum Gasteiger partial charge on any atom is 0.490 e. The summed E-state index contributed by atoms with van der Waals surface area (Å²) in [6.45, 7) is 8.89. The number of benzene rings is 2. The minimum atomic E-state index is -5.81. The number of ether oxygens (including phenoxy) is 2. The van der Waals surface area contributed by atoms with E-state index in [9.17, 15) is 77.5 Å². The number of allylic oxidation sites excluding steroid dienone is 3. The van der Waals surface area contributed by atoms with E-state index in [2.05, 4.69) is 113 Å². The lowest BCUT2D eigenvalue weighted by atomic mass is 9.73. The summed E-state index contributed by atoms with van der Waals surface area (Å²) in [5, 5.41) is 49.2. The number of nitrogen functional groups attached to an aromatic ring is 1. The number of hydrogen-bond donors (Lipinski definition) is 13. The fourth-order valence-corrected chi connectivity index (χ4v) is 16.5. The van der Waals surface area contributed by atoms with Crippen LogP contribution in [-0.2, 0) is 78.1 Å². The minimum absolute atomic E-state index is 0.00858. The number of carboxylic acid groups (broad SMARTS) is 3. The van der Waals surface area contributed by atoms with E-state index in [4.69, 9.17) is 30.0 Å². The number of carbonyl (C=O) groups is 7. The normalized spacial score (nSPS) is 19.8. The predicted octanol–water partition coefficient (Wildman–Crippen LogP) is 5.13. The van der Waals surface area contributed by atoms with Crippen molar-refractivity contribution < 1.29 is 110 Å². The number of anilines is 1. The maximum absolute atomic E-state index is 14.0. The zero-order chi connectivity index (χ0) is 73.2. The van der Waals surface area contributed by atoms with Crippen LogP contribution >= 0.6 is 45.1 Å². The van der Waals surface area contributed by atoms with Crippen molar-refractivity contribution in [1.29, 1.82) is 0 Å². The first-order chi connectivity index (χ1) is 47.2. The van der Waals surface area contributed by atoms with Gasteiger partial charge in [0, 0.05) is 73.5 Å². The number of nitrogens with one attached hydrogen (secondary N) is 4. The van der Waals surface area contributed by atoms with Crippen molar-refractivity contribution in [2.45, 2.75) is 141 Å². The molecule has 4 aromatic rings. The number of amides is 4. The Morgan fingerprint density at radius 2 is 1.56 bits per heavy atom. The third kappa shape index (κ3) is 23.3.